The van der Waals surface area contributed by atoms with Crippen LogP contribution in [-0.4, -0.2) is 12.1 Å². The molecule has 0 aromatic heterocycles. The molecule has 9 unspecified atom stereocenters. The molecule has 4 aliphatic rings. The number of hydrogen-bond donors (Lipinski definition) is 0. The molecule has 0 N–H and O–H groups in total. The molecule has 0 aromatic rings. The highest BCUT2D eigenvalue weighted by Gasteiger charge is 2.60. The molecule has 0 aliphatic heterocycles. The Kier molecular flexibility index (Phi) is 6.37. The summed E-state index contributed by atoms with van der Waals surface area (Å²) in [4.78, 5) is 12.5. The Balaban J connectivity index is 1.46. The van der Waals surface area contributed by atoms with Crippen molar-refractivity contribution >= 4 is 5.97 Å². The van der Waals surface area contributed by atoms with E-state index in [2.05, 4.69) is 27.7 Å². The first-order valence-electron chi connectivity index (χ1n) is 13.7. The van der Waals surface area contributed by atoms with Gasteiger partial charge in [0.05, 0.1) is 5.41 Å². The maximum Gasteiger partial charge on any atom is 0.311 e. The first-order chi connectivity index (χ1) is 14.5. The lowest BCUT2D eigenvalue weighted by Gasteiger charge is -2.61. The van der Waals surface area contributed by atoms with Crippen LogP contribution in [0.3, 0.4) is 0 Å². The molecule has 0 radical (unpaired) electrons. The second-order valence-corrected chi connectivity index (χ2v) is 13.7. The second-order valence-electron chi connectivity index (χ2n) is 13.7. The molecule has 0 aromatic carbocycles. The van der Waals surface area contributed by atoms with Crippen LogP contribution in [0, 0.1) is 51.8 Å². The molecule has 0 saturated heterocycles. The molecular weight excluding hydrogens is 380 g/mol. The van der Waals surface area contributed by atoms with Crippen LogP contribution in [0.2, 0.25) is 0 Å². The molecule has 0 spiro atoms. The largest absolute Gasteiger partial charge is 0.462 e. The average Bonchev–Trinajstić information content (AvgIpc) is 3.05. The van der Waals surface area contributed by atoms with Crippen molar-refractivity contribution in [2.75, 3.05) is 0 Å². The van der Waals surface area contributed by atoms with Crippen LogP contribution in [-0.2, 0) is 9.53 Å². The number of carbonyl (C=O) groups is 1. The van der Waals surface area contributed by atoms with E-state index in [1.807, 2.05) is 20.8 Å². The molecular formula is C29H50O2. The highest BCUT2D eigenvalue weighted by atomic mass is 16.5. The van der Waals surface area contributed by atoms with Gasteiger partial charge >= 0.3 is 5.97 Å². The zero-order chi connectivity index (χ0) is 22.6. The topological polar surface area (TPSA) is 26.3 Å². The average molecular weight is 431 g/mol. The maximum absolute atomic E-state index is 12.5. The van der Waals surface area contributed by atoms with Crippen LogP contribution in [0.1, 0.15) is 119 Å². The lowest BCUT2D eigenvalue weighted by Crippen LogP contribution is -2.54. The van der Waals surface area contributed by atoms with Gasteiger partial charge in [-0.1, -0.05) is 40.5 Å². The van der Waals surface area contributed by atoms with E-state index in [9.17, 15) is 4.79 Å². The molecule has 31 heavy (non-hydrogen) atoms. The van der Waals surface area contributed by atoms with Gasteiger partial charge in [-0.2, -0.15) is 0 Å². The van der Waals surface area contributed by atoms with E-state index >= 15 is 0 Å². The quantitative estimate of drug-likeness (QED) is 0.422. The van der Waals surface area contributed by atoms with E-state index in [-0.39, 0.29) is 17.5 Å². The summed E-state index contributed by atoms with van der Waals surface area (Å²) in [7, 11) is 0. The van der Waals surface area contributed by atoms with Gasteiger partial charge in [0.2, 0.25) is 0 Å². The zero-order valence-corrected chi connectivity index (χ0v) is 21.6. The summed E-state index contributed by atoms with van der Waals surface area (Å²) in [6, 6.07) is 0. The first-order valence-corrected chi connectivity index (χ1v) is 13.7. The smallest absolute Gasteiger partial charge is 0.311 e. The van der Waals surface area contributed by atoms with Crippen molar-refractivity contribution in [1.29, 1.82) is 0 Å². The van der Waals surface area contributed by atoms with E-state index in [1.165, 1.54) is 57.8 Å². The van der Waals surface area contributed by atoms with E-state index in [0.29, 0.717) is 10.8 Å². The van der Waals surface area contributed by atoms with Crippen molar-refractivity contribution < 1.29 is 9.53 Å². The number of esters is 1. The van der Waals surface area contributed by atoms with Crippen LogP contribution in [0.4, 0.5) is 0 Å². The van der Waals surface area contributed by atoms with Crippen molar-refractivity contribution in [3.05, 3.63) is 0 Å². The first kappa shape index (κ1) is 23.6. The van der Waals surface area contributed by atoms with Gasteiger partial charge in [0.1, 0.15) is 6.10 Å². The highest BCUT2D eigenvalue weighted by Crippen LogP contribution is 2.68. The van der Waals surface area contributed by atoms with Gasteiger partial charge in [0, 0.05) is 0 Å². The minimum atomic E-state index is -0.389. The van der Waals surface area contributed by atoms with Crippen LogP contribution in [0.25, 0.3) is 0 Å². The fourth-order valence-corrected chi connectivity index (χ4v) is 9.29. The fourth-order valence-electron chi connectivity index (χ4n) is 9.29. The van der Waals surface area contributed by atoms with Crippen LogP contribution >= 0.6 is 0 Å². The van der Waals surface area contributed by atoms with E-state index in [1.54, 1.807) is 0 Å². The lowest BCUT2D eigenvalue weighted by atomic mass is 9.44. The minimum Gasteiger partial charge on any atom is -0.462 e. The molecule has 0 heterocycles. The lowest BCUT2D eigenvalue weighted by molar-refractivity contribution is -0.170. The van der Waals surface area contributed by atoms with Crippen LogP contribution < -0.4 is 0 Å². The molecule has 0 amide bonds. The Morgan fingerprint density at radius 3 is 2.32 bits per heavy atom. The number of hydrogen-bond acceptors (Lipinski definition) is 2. The zero-order valence-electron chi connectivity index (χ0n) is 21.6. The van der Waals surface area contributed by atoms with E-state index in [4.69, 9.17) is 4.74 Å². The minimum absolute atomic E-state index is 0.0126. The van der Waals surface area contributed by atoms with Gasteiger partial charge in [0.15, 0.2) is 0 Å². The van der Waals surface area contributed by atoms with Crippen LogP contribution in [0.15, 0.2) is 0 Å². The SMILES string of the molecule is CCCC(C)C1CCC2C3CCC4CC(OC(=O)C(C)(C)C)CCC4(C)C3CCC12C. The predicted molar refractivity (Wildman–Crippen MR) is 129 cm³/mol. The summed E-state index contributed by atoms with van der Waals surface area (Å²) in [6.45, 7) is 16.2. The molecule has 0 bridgehead atoms. The predicted octanol–water partition coefficient (Wildman–Crippen LogP) is 8.04. The summed E-state index contributed by atoms with van der Waals surface area (Å²) in [5, 5.41) is 0. The molecule has 4 aliphatic carbocycles. The van der Waals surface area contributed by atoms with Crippen molar-refractivity contribution in [2.24, 2.45) is 51.8 Å². The Labute approximate surface area is 192 Å². The van der Waals surface area contributed by atoms with Crippen LogP contribution in [0.5, 0.6) is 0 Å². The number of carbonyl (C=O) groups excluding carboxylic acids is 1. The Morgan fingerprint density at radius 1 is 0.968 bits per heavy atom. The summed E-state index contributed by atoms with van der Waals surface area (Å²) in [5.74, 6) is 5.41. The van der Waals surface area contributed by atoms with E-state index < -0.39 is 0 Å². The van der Waals surface area contributed by atoms with Gasteiger partial charge in [-0.25, -0.2) is 0 Å². The third kappa shape index (κ3) is 4.01. The van der Waals surface area contributed by atoms with E-state index in [0.717, 1.165) is 48.3 Å². The summed E-state index contributed by atoms with van der Waals surface area (Å²) >= 11 is 0. The molecule has 178 valence electrons. The van der Waals surface area contributed by atoms with Crippen molar-refractivity contribution in [1.82, 2.24) is 0 Å². The van der Waals surface area contributed by atoms with Crippen molar-refractivity contribution in [2.45, 2.75) is 125 Å². The summed E-state index contributed by atoms with van der Waals surface area (Å²) in [5.41, 5.74) is 0.681. The van der Waals surface area contributed by atoms with Gasteiger partial charge in [-0.15, -0.1) is 0 Å². The third-order valence-electron chi connectivity index (χ3n) is 11.0. The standard InChI is InChI=1S/C29H50O2/c1-8-9-19(2)23-12-13-24-22-11-10-20-18-21(31-26(30)27(3,4)5)14-16-28(20,6)25(22)15-17-29(23,24)7/h19-25H,8-18H2,1-7H3. The van der Waals surface area contributed by atoms with Gasteiger partial charge in [-0.05, 0) is 125 Å². The highest BCUT2D eigenvalue weighted by molar-refractivity contribution is 5.75. The monoisotopic (exact) mass is 430 g/mol. The molecule has 9 atom stereocenters. The Bertz CT molecular complexity index is 662. The Hall–Kier alpha value is -0.530. The van der Waals surface area contributed by atoms with Crippen molar-refractivity contribution in [3.8, 4) is 0 Å². The second kappa shape index (κ2) is 8.35. The fraction of sp³-hybridized carbons (Fsp3) is 0.966. The number of ether oxygens (including phenoxy) is 1. The normalized spacial score (nSPS) is 45.9. The van der Waals surface area contributed by atoms with Gasteiger partial charge in [0.25, 0.3) is 0 Å². The molecule has 4 saturated carbocycles. The van der Waals surface area contributed by atoms with Crippen molar-refractivity contribution in [3.63, 3.8) is 0 Å². The summed E-state index contributed by atoms with van der Waals surface area (Å²) in [6.07, 6.45) is 15.0. The molecule has 4 fully saturated rings. The third-order valence-corrected chi connectivity index (χ3v) is 11.0. The molecule has 4 rings (SSSR count). The van der Waals surface area contributed by atoms with Gasteiger partial charge < -0.3 is 4.74 Å². The number of fused-ring (bicyclic) bond motifs is 5. The summed E-state index contributed by atoms with van der Waals surface area (Å²) < 4.78 is 6.00. The van der Waals surface area contributed by atoms with Gasteiger partial charge in [-0.3, -0.25) is 4.79 Å². The maximum atomic E-state index is 12.5. The molecule has 2 nitrogen and oxygen atoms in total. The molecule has 2 heteroatoms. The number of rotatable bonds is 4. The Morgan fingerprint density at radius 2 is 1.65 bits per heavy atom.